The maximum absolute atomic E-state index is 9.36. The molecule has 3 heteroatoms. The Balaban J connectivity index is 3.77. The molecule has 0 radical (unpaired) electrons. The van der Waals surface area contributed by atoms with Gasteiger partial charge in [0.15, 0.2) is 0 Å². The Bertz CT molecular complexity index is 128. The largest absolute Gasteiger partial charge is 0.394 e. The fraction of sp³-hybridized carbons (Fsp3) is 1.00. The summed E-state index contributed by atoms with van der Waals surface area (Å²) >= 11 is 0. The standard InChI is InChI=1S/C11H25NO2/c1-4-5-6-7-10(12(2)3)8-11(14)9-13/h10-11,13-14H,4-9H2,1-3H3. The zero-order valence-electron chi connectivity index (χ0n) is 9.74. The molecule has 0 aromatic heterocycles. The SMILES string of the molecule is CCCCCC(CC(O)CO)N(C)C. The third kappa shape index (κ3) is 6.35. The number of aliphatic hydroxyl groups excluding tert-OH is 2. The minimum atomic E-state index is -0.566. The van der Waals surface area contributed by atoms with Crippen LogP contribution in [0.4, 0.5) is 0 Å². The van der Waals surface area contributed by atoms with Gasteiger partial charge in [0.25, 0.3) is 0 Å². The van der Waals surface area contributed by atoms with E-state index in [0.717, 1.165) is 6.42 Å². The maximum atomic E-state index is 9.36. The van der Waals surface area contributed by atoms with Crippen molar-refractivity contribution in [1.29, 1.82) is 0 Å². The Morgan fingerprint density at radius 2 is 1.86 bits per heavy atom. The highest BCUT2D eigenvalue weighted by molar-refractivity contribution is 4.70. The first-order valence-electron chi connectivity index (χ1n) is 5.57. The third-order valence-corrected chi connectivity index (χ3v) is 2.63. The van der Waals surface area contributed by atoms with Gasteiger partial charge in [-0.05, 0) is 26.9 Å². The molecule has 0 aliphatic carbocycles. The molecule has 0 fully saturated rings. The van der Waals surface area contributed by atoms with Crippen LogP contribution < -0.4 is 0 Å². The van der Waals surface area contributed by atoms with Crippen LogP contribution in [-0.2, 0) is 0 Å². The van der Waals surface area contributed by atoms with E-state index in [4.69, 9.17) is 5.11 Å². The van der Waals surface area contributed by atoms with Crippen LogP contribution >= 0.6 is 0 Å². The molecule has 2 N–H and O–H groups in total. The smallest absolute Gasteiger partial charge is 0.0785 e. The second-order valence-electron chi connectivity index (χ2n) is 4.19. The summed E-state index contributed by atoms with van der Waals surface area (Å²) in [5.41, 5.74) is 0. The van der Waals surface area contributed by atoms with Crippen molar-refractivity contribution in [2.24, 2.45) is 0 Å². The summed E-state index contributed by atoms with van der Waals surface area (Å²) in [6.45, 7) is 2.06. The Hall–Kier alpha value is -0.120. The van der Waals surface area contributed by atoms with Gasteiger partial charge in [-0.2, -0.15) is 0 Å². The third-order valence-electron chi connectivity index (χ3n) is 2.63. The normalized spacial score (nSPS) is 15.9. The second-order valence-corrected chi connectivity index (χ2v) is 4.19. The Labute approximate surface area is 87.7 Å². The van der Waals surface area contributed by atoms with Gasteiger partial charge in [-0.15, -0.1) is 0 Å². The van der Waals surface area contributed by atoms with Gasteiger partial charge in [-0.25, -0.2) is 0 Å². The first kappa shape index (κ1) is 13.9. The van der Waals surface area contributed by atoms with E-state index in [-0.39, 0.29) is 6.61 Å². The molecule has 0 saturated carbocycles. The van der Waals surface area contributed by atoms with Gasteiger partial charge in [0.1, 0.15) is 0 Å². The highest BCUT2D eigenvalue weighted by Crippen LogP contribution is 2.12. The van der Waals surface area contributed by atoms with Gasteiger partial charge in [0.2, 0.25) is 0 Å². The molecule has 14 heavy (non-hydrogen) atoms. The molecular formula is C11H25NO2. The van der Waals surface area contributed by atoms with Gasteiger partial charge < -0.3 is 15.1 Å². The van der Waals surface area contributed by atoms with Crippen molar-refractivity contribution < 1.29 is 10.2 Å². The fourth-order valence-electron chi connectivity index (χ4n) is 1.61. The van der Waals surface area contributed by atoms with Crippen molar-refractivity contribution in [3.05, 3.63) is 0 Å². The molecule has 0 aliphatic heterocycles. The van der Waals surface area contributed by atoms with Gasteiger partial charge in [-0.3, -0.25) is 0 Å². The van der Waals surface area contributed by atoms with Crippen molar-refractivity contribution in [2.75, 3.05) is 20.7 Å². The lowest BCUT2D eigenvalue weighted by Gasteiger charge is -2.26. The van der Waals surface area contributed by atoms with E-state index in [1.165, 1.54) is 19.3 Å². The molecule has 0 amide bonds. The highest BCUT2D eigenvalue weighted by Gasteiger charge is 2.15. The zero-order chi connectivity index (χ0) is 11.0. The molecule has 0 saturated heterocycles. The fourth-order valence-corrected chi connectivity index (χ4v) is 1.61. The number of aliphatic hydroxyl groups is 2. The molecule has 0 rings (SSSR count). The summed E-state index contributed by atoms with van der Waals surface area (Å²) in [7, 11) is 4.06. The quantitative estimate of drug-likeness (QED) is 0.583. The van der Waals surface area contributed by atoms with E-state index < -0.39 is 6.10 Å². The van der Waals surface area contributed by atoms with Gasteiger partial charge in [0.05, 0.1) is 12.7 Å². The molecule has 0 spiro atoms. The van der Waals surface area contributed by atoms with Gasteiger partial charge >= 0.3 is 0 Å². The van der Waals surface area contributed by atoms with E-state index in [1.807, 2.05) is 14.1 Å². The molecule has 0 aromatic carbocycles. The second kappa shape index (κ2) is 8.21. The van der Waals surface area contributed by atoms with E-state index in [0.29, 0.717) is 12.5 Å². The van der Waals surface area contributed by atoms with Crippen molar-refractivity contribution in [3.63, 3.8) is 0 Å². The minimum Gasteiger partial charge on any atom is -0.394 e. The maximum Gasteiger partial charge on any atom is 0.0785 e. The molecule has 86 valence electrons. The summed E-state index contributed by atoms with van der Waals surface area (Å²) in [6, 6.07) is 0.392. The topological polar surface area (TPSA) is 43.7 Å². The molecule has 0 aromatic rings. The summed E-state index contributed by atoms with van der Waals surface area (Å²) in [4.78, 5) is 2.13. The Kier molecular flexibility index (Phi) is 8.14. The van der Waals surface area contributed by atoms with Crippen LogP contribution in [0, 0.1) is 0 Å². The average molecular weight is 203 g/mol. The number of nitrogens with zero attached hydrogens (tertiary/aromatic N) is 1. The number of hydrogen-bond acceptors (Lipinski definition) is 3. The lowest BCUT2D eigenvalue weighted by Crippen LogP contribution is -2.32. The Morgan fingerprint density at radius 3 is 2.29 bits per heavy atom. The van der Waals surface area contributed by atoms with Crippen LogP contribution in [-0.4, -0.2) is 48.0 Å². The summed E-state index contributed by atoms with van der Waals surface area (Å²) in [6.07, 6.45) is 4.90. The predicted molar refractivity (Wildman–Crippen MR) is 59.3 cm³/mol. The first-order valence-corrected chi connectivity index (χ1v) is 5.57. The van der Waals surface area contributed by atoms with E-state index in [1.54, 1.807) is 0 Å². The molecule has 3 nitrogen and oxygen atoms in total. The summed E-state index contributed by atoms with van der Waals surface area (Å²) in [5, 5.41) is 18.1. The molecule has 2 atom stereocenters. The lowest BCUT2D eigenvalue weighted by molar-refractivity contribution is 0.0634. The van der Waals surface area contributed by atoms with Crippen LogP contribution in [0.3, 0.4) is 0 Å². The van der Waals surface area contributed by atoms with Crippen molar-refractivity contribution in [2.45, 2.75) is 51.2 Å². The molecular weight excluding hydrogens is 178 g/mol. The minimum absolute atomic E-state index is 0.127. The zero-order valence-corrected chi connectivity index (χ0v) is 9.74. The number of unbranched alkanes of at least 4 members (excludes halogenated alkanes) is 2. The number of rotatable bonds is 8. The van der Waals surface area contributed by atoms with Gasteiger partial charge in [-0.1, -0.05) is 26.2 Å². The number of hydrogen-bond donors (Lipinski definition) is 2. The van der Waals surface area contributed by atoms with E-state index >= 15 is 0 Å². The van der Waals surface area contributed by atoms with Crippen LogP contribution in [0.5, 0.6) is 0 Å². The molecule has 2 unspecified atom stereocenters. The van der Waals surface area contributed by atoms with Crippen LogP contribution in [0.1, 0.15) is 39.0 Å². The first-order chi connectivity index (χ1) is 6.61. The molecule has 0 bridgehead atoms. The van der Waals surface area contributed by atoms with Crippen LogP contribution in [0.2, 0.25) is 0 Å². The molecule has 0 heterocycles. The summed E-state index contributed by atoms with van der Waals surface area (Å²) < 4.78 is 0. The van der Waals surface area contributed by atoms with Crippen molar-refractivity contribution in [3.8, 4) is 0 Å². The highest BCUT2D eigenvalue weighted by atomic mass is 16.3. The van der Waals surface area contributed by atoms with E-state index in [9.17, 15) is 5.11 Å². The Morgan fingerprint density at radius 1 is 1.21 bits per heavy atom. The van der Waals surface area contributed by atoms with Crippen LogP contribution in [0.15, 0.2) is 0 Å². The van der Waals surface area contributed by atoms with Gasteiger partial charge in [0, 0.05) is 6.04 Å². The monoisotopic (exact) mass is 203 g/mol. The molecule has 0 aliphatic rings. The lowest BCUT2D eigenvalue weighted by atomic mass is 10.0. The van der Waals surface area contributed by atoms with Crippen LogP contribution in [0.25, 0.3) is 0 Å². The van der Waals surface area contributed by atoms with Crippen molar-refractivity contribution >= 4 is 0 Å². The summed E-state index contributed by atoms with van der Waals surface area (Å²) in [5.74, 6) is 0. The average Bonchev–Trinajstić information content (AvgIpc) is 2.16. The van der Waals surface area contributed by atoms with Crippen molar-refractivity contribution in [1.82, 2.24) is 4.90 Å². The predicted octanol–water partition coefficient (Wildman–Crippen LogP) is 1.24. The van der Waals surface area contributed by atoms with E-state index in [2.05, 4.69) is 11.8 Å².